The lowest BCUT2D eigenvalue weighted by Crippen LogP contribution is -2.03. The van der Waals surface area contributed by atoms with Crippen LogP contribution in [0.1, 0.15) is 15.9 Å². The van der Waals surface area contributed by atoms with Crippen LogP contribution in [0, 0.1) is 11.2 Å². The quantitative estimate of drug-likeness (QED) is 0.452. The van der Waals surface area contributed by atoms with Gasteiger partial charge in [0.1, 0.15) is 0 Å². The number of benzene rings is 1. The maximum absolute atomic E-state index is 11.3. The number of hydrogen-bond acceptors (Lipinski definition) is 3. The van der Waals surface area contributed by atoms with Crippen molar-refractivity contribution in [3.05, 3.63) is 35.4 Å². The number of methoxy groups -OCH3 is 1. The Morgan fingerprint density at radius 2 is 2.21 bits per heavy atom. The van der Waals surface area contributed by atoms with E-state index < -0.39 is 0 Å². The maximum Gasteiger partial charge on any atom is 0.339 e. The van der Waals surface area contributed by atoms with E-state index in [-0.39, 0.29) is 5.97 Å². The molecule has 0 unspecified atom stereocenters. The summed E-state index contributed by atoms with van der Waals surface area (Å²) in [5.74, 6) is 2.53. The Morgan fingerprint density at radius 3 is 2.86 bits per heavy atom. The van der Waals surface area contributed by atoms with Crippen LogP contribution in [0.4, 0.5) is 0 Å². The molecule has 0 aliphatic heterocycles. The molecule has 0 aromatic heterocycles. The van der Waals surface area contributed by atoms with E-state index in [0.717, 1.165) is 0 Å². The highest BCUT2D eigenvalue weighted by atomic mass is 127. The van der Waals surface area contributed by atoms with Gasteiger partial charge in [0.2, 0.25) is 0 Å². The fourth-order valence-corrected chi connectivity index (χ4v) is 1.43. The van der Waals surface area contributed by atoms with Crippen molar-refractivity contribution in [2.75, 3.05) is 7.11 Å². The van der Waals surface area contributed by atoms with E-state index in [9.17, 15) is 4.79 Å². The van der Waals surface area contributed by atoms with Crippen LogP contribution < -0.4 is 0 Å². The van der Waals surface area contributed by atoms with Gasteiger partial charge >= 0.3 is 5.97 Å². The first kappa shape index (κ1) is 11.4. The normalized spacial score (nSPS) is 8.71. The van der Waals surface area contributed by atoms with Crippen LogP contribution in [-0.2, 0) is 4.74 Å². The third kappa shape index (κ3) is 2.93. The maximum atomic E-state index is 11.3. The van der Waals surface area contributed by atoms with E-state index in [1.54, 1.807) is 18.2 Å². The lowest BCUT2D eigenvalue weighted by atomic mass is 10.1. The first-order valence-electron chi connectivity index (χ1n) is 3.75. The molecule has 0 heterocycles. The van der Waals surface area contributed by atoms with Crippen LogP contribution >= 0.6 is 30.1 Å². The number of carbonyl (C=O) groups excluding carboxylic acids is 1. The molecule has 0 aliphatic rings. The van der Waals surface area contributed by atoms with Crippen molar-refractivity contribution in [2.24, 2.45) is 0 Å². The number of halogens is 1. The minimum atomic E-state index is -0.353. The van der Waals surface area contributed by atoms with Gasteiger partial charge in [0.15, 0.2) is 0 Å². The largest absolute Gasteiger partial charge is 0.465 e. The Hall–Kier alpha value is -0.670. The Morgan fingerprint density at radius 1 is 1.50 bits per heavy atom. The van der Waals surface area contributed by atoms with Gasteiger partial charge in [-0.1, -0.05) is 18.1 Å². The highest BCUT2D eigenvalue weighted by Crippen LogP contribution is 2.11. The standard InChI is InChI=1S/C10H7IO2S/c1-13-10(12)9-5-3-2-4-8(9)6-7-14-11/h2-5H,1H3. The van der Waals surface area contributed by atoms with Crippen LogP contribution in [-0.4, -0.2) is 13.1 Å². The third-order valence-electron chi connectivity index (χ3n) is 1.56. The topological polar surface area (TPSA) is 26.3 Å². The highest BCUT2D eigenvalue weighted by molar-refractivity contribution is 14.2. The van der Waals surface area contributed by atoms with Crippen molar-refractivity contribution in [1.82, 2.24) is 0 Å². The van der Waals surface area contributed by atoms with Crippen molar-refractivity contribution in [2.45, 2.75) is 0 Å². The first-order chi connectivity index (χ1) is 6.79. The molecule has 1 rings (SSSR count). The van der Waals surface area contributed by atoms with E-state index in [1.807, 2.05) is 6.07 Å². The molecule has 1 aromatic rings. The Labute approximate surface area is 99.0 Å². The van der Waals surface area contributed by atoms with Gasteiger partial charge in [0, 0.05) is 26.8 Å². The van der Waals surface area contributed by atoms with Crippen molar-refractivity contribution in [1.29, 1.82) is 0 Å². The van der Waals surface area contributed by atoms with E-state index >= 15 is 0 Å². The van der Waals surface area contributed by atoms with Gasteiger partial charge in [-0.3, -0.25) is 0 Å². The zero-order valence-corrected chi connectivity index (χ0v) is 10.4. The van der Waals surface area contributed by atoms with Gasteiger partial charge in [-0.25, -0.2) is 4.79 Å². The van der Waals surface area contributed by atoms with Crippen LogP contribution in [0.25, 0.3) is 0 Å². The summed E-state index contributed by atoms with van der Waals surface area (Å²) < 4.78 is 4.64. The van der Waals surface area contributed by atoms with E-state index in [2.05, 4.69) is 37.1 Å². The molecule has 0 N–H and O–H groups in total. The fourth-order valence-electron chi connectivity index (χ4n) is 0.954. The number of hydrogen-bond donors (Lipinski definition) is 0. The summed E-state index contributed by atoms with van der Waals surface area (Å²) >= 11 is 2.08. The number of rotatable bonds is 1. The molecular formula is C10H7IO2S. The summed E-state index contributed by atoms with van der Waals surface area (Å²) in [5, 5.41) is 2.83. The molecule has 0 aliphatic carbocycles. The van der Waals surface area contributed by atoms with E-state index in [1.165, 1.54) is 16.0 Å². The second kappa shape index (κ2) is 5.94. The van der Waals surface area contributed by atoms with Crippen LogP contribution in [0.2, 0.25) is 0 Å². The van der Waals surface area contributed by atoms with E-state index in [0.29, 0.717) is 11.1 Å². The smallest absolute Gasteiger partial charge is 0.339 e. The molecular weight excluding hydrogens is 311 g/mol. The minimum Gasteiger partial charge on any atom is -0.465 e. The number of esters is 1. The summed E-state index contributed by atoms with van der Waals surface area (Å²) in [4.78, 5) is 11.3. The predicted molar refractivity (Wildman–Crippen MR) is 66.3 cm³/mol. The van der Waals surface area contributed by atoms with Gasteiger partial charge in [-0.15, -0.1) is 0 Å². The Kier molecular flexibility index (Phi) is 4.84. The first-order valence-corrected chi connectivity index (χ1v) is 7.11. The molecule has 14 heavy (non-hydrogen) atoms. The predicted octanol–water partition coefficient (Wildman–Crippen LogP) is 2.87. The molecule has 72 valence electrons. The van der Waals surface area contributed by atoms with Crippen molar-refractivity contribution < 1.29 is 9.53 Å². The van der Waals surface area contributed by atoms with Crippen LogP contribution in [0.3, 0.4) is 0 Å². The molecule has 4 heteroatoms. The van der Waals surface area contributed by atoms with Crippen molar-refractivity contribution in [3.63, 3.8) is 0 Å². The van der Waals surface area contributed by atoms with Crippen LogP contribution in [0.15, 0.2) is 24.3 Å². The minimum absolute atomic E-state index is 0.353. The monoisotopic (exact) mass is 318 g/mol. The summed E-state index contributed by atoms with van der Waals surface area (Å²) in [6.07, 6.45) is 0. The summed E-state index contributed by atoms with van der Waals surface area (Å²) in [7, 11) is 2.74. The van der Waals surface area contributed by atoms with Crippen LogP contribution in [0.5, 0.6) is 0 Å². The molecule has 0 spiro atoms. The number of carbonyl (C=O) groups is 1. The zero-order valence-electron chi connectivity index (χ0n) is 7.41. The van der Waals surface area contributed by atoms with Gasteiger partial charge in [0.05, 0.1) is 12.7 Å². The molecule has 0 fully saturated rings. The highest BCUT2D eigenvalue weighted by Gasteiger charge is 2.08. The average Bonchev–Trinajstić information content (AvgIpc) is 2.25. The molecule has 2 nitrogen and oxygen atoms in total. The lowest BCUT2D eigenvalue weighted by molar-refractivity contribution is 0.0600. The fraction of sp³-hybridized carbons (Fsp3) is 0.100. The molecule has 0 bridgehead atoms. The van der Waals surface area contributed by atoms with Crippen molar-refractivity contribution in [3.8, 4) is 11.2 Å². The van der Waals surface area contributed by atoms with Crippen molar-refractivity contribution >= 4 is 36.1 Å². The lowest BCUT2D eigenvalue weighted by Gasteiger charge is -2.00. The van der Waals surface area contributed by atoms with E-state index in [4.69, 9.17) is 0 Å². The number of ether oxygens (including phenoxy) is 1. The summed E-state index contributed by atoms with van der Waals surface area (Å²) in [6, 6.07) is 7.13. The molecule has 0 saturated carbocycles. The molecule has 0 saturated heterocycles. The Bertz CT molecular complexity index is 393. The summed E-state index contributed by atoms with van der Waals surface area (Å²) in [6.45, 7) is 0. The van der Waals surface area contributed by atoms with Gasteiger partial charge < -0.3 is 4.74 Å². The Balaban J connectivity index is 3.09. The van der Waals surface area contributed by atoms with Gasteiger partial charge in [0.25, 0.3) is 0 Å². The van der Waals surface area contributed by atoms with Gasteiger partial charge in [-0.2, -0.15) is 0 Å². The average molecular weight is 318 g/mol. The molecule has 1 aromatic carbocycles. The van der Waals surface area contributed by atoms with Gasteiger partial charge in [-0.05, 0) is 26.3 Å². The third-order valence-corrected chi connectivity index (χ3v) is 2.40. The second-order valence-electron chi connectivity index (χ2n) is 2.34. The second-order valence-corrected chi connectivity index (χ2v) is 4.02. The zero-order chi connectivity index (χ0) is 10.4. The molecule has 0 radical (unpaired) electrons. The SMILES string of the molecule is COC(=O)c1ccccc1C#CSI. The molecule has 0 atom stereocenters. The molecule has 0 amide bonds. The summed E-state index contributed by atoms with van der Waals surface area (Å²) in [5.41, 5.74) is 1.21.